The molecule has 0 spiro atoms. The van der Waals surface area contributed by atoms with Crippen molar-refractivity contribution in [2.75, 3.05) is 13.2 Å². The highest BCUT2D eigenvalue weighted by Gasteiger charge is 2.10. The van der Waals surface area contributed by atoms with Crippen molar-refractivity contribution < 1.29 is 4.74 Å². The monoisotopic (exact) mass is 256 g/mol. The maximum absolute atomic E-state index is 5.83. The molecule has 0 bridgehead atoms. The average molecular weight is 256 g/mol. The van der Waals surface area contributed by atoms with Crippen LogP contribution in [0.4, 0.5) is 0 Å². The topological polar surface area (TPSA) is 48.1 Å². The maximum atomic E-state index is 5.83. The van der Waals surface area contributed by atoms with E-state index in [2.05, 4.69) is 24.0 Å². The molecule has 1 unspecified atom stereocenters. The highest BCUT2D eigenvalue weighted by molar-refractivity contribution is 5.31. The first-order valence-corrected chi connectivity index (χ1v) is 6.59. The number of aromatic nitrogens is 1. The van der Waals surface area contributed by atoms with E-state index in [1.165, 1.54) is 5.56 Å². The van der Waals surface area contributed by atoms with Gasteiger partial charge in [-0.05, 0) is 43.1 Å². The van der Waals surface area contributed by atoms with Gasteiger partial charge in [-0.2, -0.15) is 0 Å². The van der Waals surface area contributed by atoms with E-state index < -0.39 is 0 Å². The fourth-order valence-corrected chi connectivity index (χ4v) is 2.07. The standard InChI is InChI=1S/C16H20N2O/c1-13-5-2-3-7-16(13)19-10-8-14(11-17)15-6-4-9-18-12-15/h2-7,9,12,14H,8,10-11,17H2,1H3. The molecular weight excluding hydrogens is 236 g/mol. The number of nitrogens with zero attached hydrogens (tertiary/aromatic N) is 1. The molecule has 1 atom stereocenters. The normalized spacial score (nSPS) is 12.1. The van der Waals surface area contributed by atoms with Crippen LogP contribution in [0.15, 0.2) is 48.8 Å². The first kappa shape index (κ1) is 13.6. The van der Waals surface area contributed by atoms with Crippen LogP contribution < -0.4 is 10.5 Å². The lowest BCUT2D eigenvalue weighted by Gasteiger charge is -2.16. The Hall–Kier alpha value is -1.87. The van der Waals surface area contributed by atoms with Crippen LogP contribution in [0.2, 0.25) is 0 Å². The Bertz CT molecular complexity index is 499. The Morgan fingerprint density at radius 3 is 2.74 bits per heavy atom. The Kier molecular flexibility index (Phi) is 4.93. The molecule has 0 radical (unpaired) electrons. The van der Waals surface area contributed by atoms with E-state index in [-0.39, 0.29) is 0 Å². The zero-order valence-electron chi connectivity index (χ0n) is 11.3. The van der Waals surface area contributed by atoms with Gasteiger partial charge in [-0.1, -0.05) is 24.3 Å². The number of nitrogens with two attached hydrogens (primary N) is 1. The summed E-state index contributed by atoms with van der Waals surface area (Å²) >= 11 is 0. The Morgan fingerprint density at radius 2 is 2.05 bits per heavy atom. The SMILES string of the molecule is Cc1ccccc1OCCC(CN)c1cccnc1. The van der Waals surface area contributed by atoms with E-state index in [1.54, 1.807) is 6.20 Å². The predicted molar refractivity (Wildman–Crippen MR) is 77.3 cm³/mol. The number of pyridine rings is 1. The van der Waals surface area contributed by atoms with Crippen molar-refractivity contribution in [3.05, 3.63) is 59.9 Å². The van der Waals surface area contributed by atoms with Crippen LogP contribution in [0, 0.1) is 6.92 Å². The molecule has 100 valence electrons. The molecule has 2 aromatic rings. The molecule has 0 saturated heterocycles. The fourth-order valence-electron chi connectivity index (χ4n) is 2.07. The number of aryl methyl sites for hydroxylation is 1. The summed E-state index contributed by atoms with van der Waals surface area (Å²) in [6.07, 6.45) is 4.56. The highest BCUT2D eigenvalue weighted by Crippen LogP contribution is 2.20. The molecule has 1 aromatic carbocycles. The van der Waals surface area contributed by atoms with Crippen molar-refractivity contribution in [2.45, 2.75) is 19.3 Å². The van der Waals surface area contributed by atoms with E-state index in [9.17, 15) is 0 Å². The molecule has 0 fully saturated rings. The van der Waals surface area contributed by atoms with Gasteiger partial charge in [-0.3, -0.25) is 4.98 Å². The van der Waals surface area contributed by atoms with Crippen molar-refractivity contribution in [3.8, 4) is 5.75 Å². The Labute approximate surface area is 114 Å². The minimum atomic E-state index is 0.303. The molecule has 2 N–H and O–H groups in total. The zero-order chi connectivity index (χ0) is 13.5. The highest BCUT2D eigenvalue weighted by atomic mass is 16.5. The van der Waals surface area contributed by atoms with Gasteiger partial charge in [0.05, 0.1) is 6.61 Å². The largest absolute Gasteiger partial charge is 0.493 e. The first-order valence-electron chi connectivity index (χ1n) is 6.59. The molecule has 0 aliphatic carbocycles. The number of rotatable bonds is 6. The Balaban J connectivity index is 1.89. The van der Waals surface area contributed by atoms with E-state index >= 15 is 0 Å². The number of hydrogen-bond acceptors (Lipinski definition) is 3. The second-order valence-corrected chi connectivity index (χ2v) is 4.62. The van der Waals surface area contributed by atoms with Crippen LogP contribution in [0.1, 0.15) is 23.5 Å². The molecule has 0 amide bonds. The summed E-state index contributed by atoms with van der Waals surface area (Å²) in [5.41, 5.74) is 8.17. The number of para-hydroxylation sites is 1. The summed E-state index contributed by atoms with van der Waals surface area (Å²) in [7, 11) is 0. The van der Waals surface area contributed by atoms with Gasteiger partial charge in [0.2, 0.25) is 0 Å². The molecule has 1 heterocycles. The third-order valence-electron chi connectivity index (χ3n) is 3.26. The lowest BCUT2D eigenvalue weighted by molar-refractivity contribution is 0.296. The third kappa shape index (κ3) is 3.80. The smallest absolute Gasteiger partial charge is 0.122 e. The van der Waals surface area contributed by atoms with Crippen molar-refractivity contribution in [2.24, 2.45) is 5.73 Å². The maximum Gasteiger partial charge on any atom is 0.122 e. The summed E-state index contributed by atoms with van der Waals surface area (Å²) in [6, 6.07) is 12.1. The van der Waals surface area contributed by atoms with Gasteiger partial charge in [-0.25, -0.2) is 0 Å². The lowest BCUT2D eigenvalue weighted by atomic mass is 9.98. The van der Waals surface area contributed by atoms with Gasteiger partial charge in [-0.15, -0.1) is 0 Å². The molecule has 0 aliphatic heterocycles. The number of hydrogen-bond donors (Lipinski definition) is 1. The van der Waals surface area contributed by atoms with Gasteiger partial charge in [0.1, 0.15) is 5.75 Å². The van der Waals surface area contributed by atoms with Gasteiger partial charge in [0.15, 0.2) is 0 Å². The van der Waals surface area contributed by atoms with Crippen LogP contribution in [0.5, 0.6) is 5.75 Å². The molecule has 1 aromatic heterocycles. The first-order chi connectivity index (χ1) is 9.31. The van der Waals surface area contributed by atoms with Gasteiger partial charge in [0.25, 0.3) is 0 Å². The summed E-state index contributed by atoms with van der Waals surface area (Å²) in [5.74, 6) is 1.25. The van der Waals surface area contributed by atoms with Gasteiger partial charge in [0, 0.05) is 18.3 Å². The molecule has 2 rings (SSSR count). The van der Waals surface area contributed by atoms with Crippen molar-refractivity contribution in [3.63, 3.8) is 0 Å². The van der Waals surface area contributed by atoms with Crippen molar-refractivity contribution >= 4 is 0 Å². The lowest BCUT2D eigenvalue weighted by Crippen LogP contribution is -2.15. The molecule has 3 heteroatoms. The van der Waals surface area contributed by atoms with Crippen LogP contribution in [0.25, 0.3) is 0 Å². The second kappa shape index (κ2) is 6.90. The summed E-state index contributed by atoms with van der Waals surface area (Å²) in [4.78, 5) is 4.14. The van der Waals surface area contributed by atoms with Crippen molar-refractivity contribution in [1.29, 1.82) is 0 Å². The number of ether oxygens (including phenoxy) is 1. The molecule has 0 saturated carbocycles. The van der Waals surface area contributed by atoms with Crippen LogP contribution in [0.3, 0.4) is 0 Å². The van der Waals surface area contributed by atoms with Gasteiger partial charge < -0.3 is 10.5 Å². The fraction of sp³-hybridized carbons (Fsp3) is 0.312. The third-order valence-corrected chi connectivity index (χ3v) is 3.26. The van der Waals surface area contributed by atoms with E-state index in [0.717, 1.165) is 17.7 Å². The minimum Gasteiger partial charge on any atom is -0.493 e. The van der Waals surface area contributed by atoms with Crippen LogP contribution >= 0.6 is 0 Å². The predicted octanol–water partition coefficient (Wildman–Crippen LogP) is 2.90. The summed E-state index contributed by atoms with van der Waals surface area (Å²) in [5, 5.41) is 0. The molecule has 19 heavy (non-hydrogen) atoms. The van der Waals surface area contributed by atoms with Gasteiger partial charge >= 0.3 is 0 Å². The van der Waals surface area contributed by atoms with E-state index in [4.69, 9.17) is 10.5 Å². The van der Waals surface area contributed by atoms with E-state index in [1.807, 2.05) is 30.5 Å². The van der Waals surface area contributed by atoms with Crippen LogP contribution in [-0.4, -0.2) is 18.1 Å². The Morgan fingerprint density at radius 1 is 1.21 bits per heavy atom. The number of benzene rings is 1. The minimum absolute atomic E-state index is 0.303. The molecule has 3 nitrogen and oxygen atoms in total. The second-order valence-electron chi connectivity index (χ2n) is 4.62. The average Bonchev–Trinajstić information content (AvgIpc) is 2.46. The molecular formula is C16H20N2O. The quantitative estimate of drug-likeness (QED) is 0.864. The van der Waals surface area contributed by atoms with E-state index in [0.29, 0.717) is 19.1 Å². The van der Waals surface area contributed by atoms with Crippen molar-refractivity contribution in [1.82, 2.24) is 4.98 Å². The summed E-state index contributed by atoms with van der Waals surface area (Å²) < 4.78 is 5.81. The van der Waals surface area contributed by atoms with Crippen LogP contribution in [-0.2, 0) is 0 Å². The zero-order valence-corrected chi connectivity index (χ0v) is 11.3. The molecule has 0 aliphatic rings. The summed E-state index contributed by atoms with van der Waals surface area (Å²) in [6.45, 7) is 3.33.